The van der Waals surface area contributed by atoms with E-state index < -0.39 is 11.7 Å². The lowest BCUT2D eigenvalue weighted by atomic mass is 10.0. The van der Waals surface area contributed by atoms with Crippen LogP contribution in [-0.2, 0) is 19.1 Å². The fraction of sp³-hybridized carbons (Fsp3) is 0.435. The molecule has 0 unspecified atom stereocenters. The Kier molecular flexibility index (Phi) is 7.37. The first kappa shape index (κ1) is 22.2. The zero-order valence-electron chi connectivity index (χ0n) is 17.1. The van der Waals surface area contributed by atoms with Crippen LogP contribution in [0.3, 0.4) is 0 Å². The molecule has 2 aromatic rings. The molecule has 7 heteroatoms. The third kappa shape index (κ3) is 6.49. The van der Waals surface area contributed by atoms with Crippen LogP contribution in [0.4, 0.5) is 18.0 Å². The lowest BCUT2D eigenvalue weighted by Gasteiger charge is -2.32. The van der Waals surface area contributed by atoms with Gasteiger partial charge in [-0.15, -0.1) is 0 Å². The zero-order chi connectivity index (χ0) is 21.6. The number of hydrogen-bond donors (Lipinski definition) is 2. The quantitative estimate of drug-likeness (QED) is 0.723. The molecule has 0 bridgehead atoms. The van der Waals surface area contributed by atoms with Crippen molar-refractivity contribution in [2.45, 2.75) is 44.9 Å². The molecular weight excluding hydrogens is 391 g/mol. The summed E-state index contributed by atoms with van der Waals surface area (Å²) in [6.45, 7) is 5.30. The molecule has 2 N–H and O–H groups in total. The van der Waals surface area contributed by atoms with Gasteiger partial charge in [-0.1, -0.05) is 36.4 Å². The van der Waals surface area contributed by atoms with Gasteiger partial charge < -0.3 is 10.6 Å². The molecule has 30 heavy (non-hydrogen) atoms. The summed E-state index contributed by atoms with van der Waals surface area (Å²) in [7, 11) is 0. The Morgan fingerprint density at radius 2 is 1.73 bits per heavy atom. The van der Waals surface area contributed by atoms with Crippen LogP contribution in [0.25, 0.3) is 0 Å². The van der Waals surface area contributed by atoms with Crippen LogP contribution in [0.1, 0.15) is 35.1 Å². The van der Waals surface area contributed by atoms with Gasteiger partial charge in [0, 0.05) is 32.2 Å². The van der Waals surface area contributed by atoms with E-state index in [1.807, 2.05) is 6.07 Å². The summed E-state index contributed by atoms with van der Waals surface area (Å²) in [6, 6.07) is 13.3. The van der Waals surface area contributed by atoms with Crippen LogP contribution in [-0.4, -0.2) is 36.6 Å². The van der Waals surface area contributed by atoms with Crippen molar-refractivity contribution in [1.29, 1.82) is 0 Å². The van der Waals surface area contributed by atoms with Gasteiger partial charge >= 0.3 is 12.2 Å². The molecule has 3 rings (SSSR count). The SMILES string of the molecule is Cc1ccccc1CN1CCC(NC(=O)NCCc2ccc(C(F)(F)F)cc2)CC1. The van der Waals surface area contributed by atoms with Crippen molar-refractivity contribution in [1.82, 2.24) is 15.5 Å². The molecular formula is C23H28F3N3O. The highest BCUT2D eigenvalue weighted by Gasteiger charge is 2.29. The first-order valence-electron chi connectivity index (χ1n) is 10.3. The number of likely N-dealkylation sites (tertiary alicyclic amines) is 1. The summed E-state index contributed by atoms with van der Waals surface area (Å²) in [5.74, 6) is 0. The fourth-order valence-electron chi connectivity index (χ4n) is 3.68. The average Bonchev–Trinajstić information content (AvgIpc) is 2.71. The molecule has 1 fully saturated rings. The Hall–Kier alpha value is -2.54. The molecule has 0 aromatic heterocycles. The molecule has 0 saturated carbocycles. The van der Waals surface area contributed by atoms with Crippen LogP contribution >= 0.6 is 0 Å². The minimum atomic E-state index is -4.33. The number of nitrogens with zero attached hydrogens (tertiary/aromatic N) is 1. The number of halogens is 3. The smallest absolute Gasteiger partial charge is 0.338 e. The molecule has 0 radical (unpaired) electrons. The number of nitrogens with one attached hydrogen (secondary N) is 2. The van der Waals surface area contributed by atoms with Gasteiger partial charge in [0.2, 0.25) is 0 Å². The maximum absolute atomic E-state index is 12.6. The highest BCUT2D eigenvalue weighted by atomic mass is 19.4. The van der Waals surface area contributed by atoms with E-state index in [9.17, 15) is 18.0 Å². The minimum Gasteiger partial charge on any atom is -0.338 e. The molecule has 0 atom stereocenters. The number of carbonyl (C=O) groups excluding carboxylic acids is 1. The molecule has 1 aliphatic heterocycles. The largest absolute Gasteiger partial charge is 0.416 e. The molecule has 0 spiro atoms. The van der Waals surface area contributed by atoms with Crippen molar-refractivity contribution >= 4 is 6.03 Å². The monoisotopic (exact) mass is 419 g/mol. The number of rotatable bonds is 6. The standard InChI is InChI=1S/C23H28F3N3O/c1-17-4-2-3-5-19(17)16-29-14-11-21(12-15-29)28-22(30)27-13-10-18-6-8-20(9-7-18)23(24,25)26/h2-9,21H,10-16H2,1H3,(H2,27,28,30). The van der Waals surface area contributed by atoms with Crippen molar-refractivity contribution < 1.29 is 18.0 Å². The second kappa shape index (κ2) is 9.98. The van der Waals surface area contributed by atoms with Gasteiger partial charge in [-0.25, -0.2) is 4.79 Å². The van der Waals surface area contributed by atoms with Gasteiger partial charge in [-0.3, -0.25) is 4.90 Å². The topological polar surface area (TPSA) is 44.4 Å². The third-order valence-electron chi connectivity index (χ3n) is 5.56. The van der Waals surface area contributed by atoms with Gasteiger partial charge in [-0.05, 0) is 55.0 Å². The Labute approximate surface area is 175 Å². The van der Waals surface area contributed by atoms with E-state index in [4.69, 9.17) is 0 Å². The van der Waals surface area contributed by atoms with Gasteiger partial charge in [0.1, 0.15) is 0 Å². The summed E-state index contributed by atoms with van der Waals surface area (Å²) in [5.41, 5.74) is 2.73. The van der Waals surface area contributed by atoms with E-state index in [-0.39, 0.29) is 12.1 Å². The number of aryl methyl sites for hydroxylation is 1. The molecule has 2 aromatic carbocycles. The van der Waals surface area contributed by atoms with Crippen LogP contribution in [0.2, 0.25) is 0 Å². The highest BCUT2D eigenvalue weighted by Crippen LogP contribution is 2.29. The fourth-order valence-corrected chi connectivity index (χ4v) is 3.68. The number of alkyl halides is 3. The summed E-state index contributed by atoms with van der Waals surface area (Å²) < 4.78 is 37.7. The van der Waals surface area contributed by atoms with Crippen LogP contribution in [0.5, 0.6) is 0 Å². The summed E-state index contributed by atoms with van der Waals surface area (Å²) in [6.07, 6.45) is -2.04. The zero-order valence-corrected chi connectivity index (χ0v) is 17.1. The van der Waals surface area contributed by atoms with Crippen LogP contribution in [0, 0.1) is 6.92 Å². The molecule has 2 amide bonds. The van der Waals surface area contributed by atoms with Crippen molar-refractivity contribution in [3.05, 3.63) is 70.8 Å². The lowest BCUT2D eigenvalue weighted by Crippen LogP contribution is -2.48. The third-order valence-corrected chi connectivity index (χ3v) is 5.56. The van der Waals surface area contributed by atoms with Gasteiger partial charge in [0.25, 0.3) is 0 Å². The summed E-state index contributed by atoms with van der Waals surface area (Å²) in [4.78, 5) is 14.5. The van der Waals surface area contributed by atoms with Crippen molar-refractivity contribution in [3.8, 4) is 0 Å². The summed E-state index contributed by atoms with van der Waals surface area (Å²) >= 11 is 0. The number of piperidine rings is 1. The first-order chi connectivity index (χ1) is 14.3. The van der Waals surface area contributed by atoms with Crippen LogP contribution in [0.15, 0.2) is 48.5 Å². The van der Waals surface area contributed by atoms with E-state index in [1.165, 1.54) is 23.3 Å². The van der Waals surface area contributed by atoms with Crippen molar-refractivity contribution in [3.63, 3.8) is 0 Å². The van der Waals surface area contributed by atoms with Gasteiger partial charge in [-0.2, -0.15) is 13.2 Å². The molecule has 1 aliphatic rings. The normalized spacial score (nSPS) is 15.7. The van der Waals surface area contributed by atoms with Crippen LogP contribution < -0.4 is 10.6 Å². The molecule has 162 valence electrons. The van der Waals surface area contributed by atoms with E-state index in [2.05, 4.69) is 40.7 Å². The Morgan fingerprint density at radius 1 is 1.07 bits per heavy atom. The predicted octanol–water partition coefficient (Wildman–Crippen LogP) is 4.52. The highest BCUT2D eigenvalue weighted by molar-refractivity contribution is 5.74. The summed E-state index contributed by atoms with van der Waals surface area (Å²) in [5, 5.41) is 5.80. The number of amides is 2. The van der Waals surface area contributed by atoms with E-state index >= 15 is 0 Å². The maximum atomic E-state index is 12.6. The Balaban J connectivity index is 1.34. The minimum absolute atomic E-state index is 0.143. The predicted molar refractivity (Wildman–Crippen MR) is 111 cm³/mol. The maximum Gasteiger partial charge on any atom is 0.416 e. The van der Waals surface area contributed by atoms with Crippen molar-refractivity contribution in [2.24, 2.45) is 0 Å². The lowest BCUT2D eigenvalue weighted by molar-refractivity contribution is -0.137. The number of benzene rings is 2. The molecule has 4 nitrogen and oxygen atoms in total. The number of carbonyl (C=O) groups is 1. The van der Waals surface area contributed by atoms with Crippen molar-refractivity contribution in [2.75, 3.05) is 19.6 Å². The number of urea groups is 1. The number of hydrogen-bond acceptors (Lipinski definition) is 2. The van der Waals surface area contributed by atoms with Gasteiger partial charge in [0.15, 0.2) is 0 Å². The van der Waals surface area contributed by atoms with E-state index in [1.54, 1.807) is 0 Å². The Bertz CT molecular complexity index is 828. The second-order valence-electron chi connectivity index (χ2n) is 7.82. The second-order valence-corrected chi connectivity index (χ2v) is 7.82. The first-order valence-corrected chi connectivity index (χ1v) is 10.3. The molecule has 1 saturated heterocycles. The van der Waals surface area contributed by atoms with E-state index in [0.29, 0.717) is 13.0 Å². The van der Waals surface area contributed by atoms with E-state index in [0.717, 1.165) is 50.2 Å². The molecule has 1 heterocycles. The van der Waals surface area contributed by atoms with Gasteiger partial charge in [0.05, 0.1) is 5.56 Å². The average molecular weight is 419 g/mol. The molecule has 0 aliphatic carbocycles. The Morgan fingerprint density at radius 3 is 2.37 bits per heavy atom.